The number of carbonyl (C=O) groups is 1. The van der Waals surface area contributed by atoms with Gasteiger partial charge in [-0.05, 0) is 48.9 Å². The van der Waals surface area contributed by atoms with Crippen molar-refractivity contribution in [3.05, 3.63) is 57.0 Å². The van der Waals surface area contributed by atoms with Crippen molar-refractivity contribution in [3.63, 3.8) is 0 Å². The highest BCUT2D eigenvalue weighted by Crippen LogP contribution is 2.26. The molecule has 0 radical (unpaired) electrons. The minimum Gasteiger partial charge on any atom is -0.478 e. The van der Waals surface area contributed by atoms with E-state index in [1.807, 2.05) is 25.1 Å². The molecule has 2 aromatic carbocycles. The number of aryl methyl sites for hydroxylation is 1. The van der Waals surface area contributed by atoms with E-state index in [0.29, 0.717) is 10.7 Å². The Labute approximate surface area is 124 Å². The number of carboxylic acid groups (broad SMARTS) is 1. The van der Waals surface area contributed by atoms with E-state index >= 15 is 0 Å². The minimum absolute atomic E-state index is 0.144. The average Bonchev–Trinajstić information content (AvgIpc) is 2.30. The van der Waals surface area contributed by atoms with Gasteiger partial charge in [0.05, 0.1) is 11.3 Å². The summed E-state index contributed by atoms with van der Waals surface area (Å²) in [5.41, 5.74) is 2.54. The van der Waals surface area contributed by atoms with Crippen LogP contribution < -0.4 is 5.32 Å². The van der Waals surface area contributed by atoms with Gasteiger partial charge in [0.25, 0.3) is 0 Å². The Balaban J connectivity index is 2.40. The zero-order valence-electron chi connectivity index (χ0n) is 10.1. The second-order valence-electron chi connectivity index (χ2n) is 4.14. The van der Waals surface area contributed by atoms with E-state index < -0.39 is 5.97 Å². The van der Waals surface area contributed by atoms with Gasteiger partial charge in [0, 0.05) is 15.2 Å². The van der Waals surface area contributed by atoms with Gasteiger partial charge in [0.15, 0.2) is 0 Å². The average molecular weight is 341 g/mol. The number of hydrogen-bond donors (Lipinski definition) is 2. The monoisotopic (exact) mass is 339 g/mol. The summed E-state index contributed by atoms with van der Waals surface area (Å²) in [5, 5.41) is 12.7. The molecule has 98 valence electrons. The maximum atomic E-state index is 11.2. The normalized spacial score (nSPS) is 10.3. The molecule has 19 heavy (non-hydrogen) atoms. The Morgan fingerprint density at radius 2 is 2.00 bits per heavy atom. The summed E-state index contributed by atoms with van der Waals surface area (Å²) >= 11 is 9.22. The van der Waals surface area contributed by atoms with E-state index in [1.165, 1.54) is 6.07 Å². The molecule has 2 N–H and O–H groups in total. The second kappa shape index (κ2) is 5.63. The second-order valence-corrected chi connectivity index (χ2v) is 5.49. The molecule has 0 aliphatic heterocycles. The maximum Gasteiger partial charge on any atom is 0.337 e. The van der Waals surface area contributed by atoms with E-state index in [-0.39, 0.29) is 5.56 Å². The molecule has 0 heterocycles. The summed E-state index contributed by atoms with van der Waals surface area (Å²) in [4.78, 5) is 11.2. The molecule has 5 heteroatoms. The molecule has 0 aromatic heterocycles. The molecular weight excluding hydrogens is 330 g/mol. The van der Waals surface area contributed by atoms with Crippen molar-refractivity contribution in [3.8, 4) is 0 Å². The number of hydrogen-bond acceptors (Lipinski definition) is 2. The van der Waals surface area contributed by atoms with Crippen molar-refractivity contribution in [2.75, 3.05) is 5.32 Å². The number of benzene rings is 2. The molecule has 2 aromatic rings. The van der Waals surface area contributed by atoms with Crippen LogP contribution in [-0.4, -0.2) is 11.1 Å². The quantitative estimate of drug-likeness (QED) is 0.839. The van der Waals surface area contributed by atoms with Crippen LogP contribution in [0.3, 0.4) is 0 Å². The smallest absolute Gasteiger partial charge is 0.337 e. The molecule has 0 saturated heterocycles. The lowest BCUT2D eigenvalue weighted by Gasteiger charge is -2.11. The molecular formula is C14H11BrClNO2. The summed E-state index contributed by atoms with van der Waals surface area (Å²) in [6, 6.07) is 10.5. The van der Waals surface area contributed by atoms with Crippen molar-refractivity contribution < 1.29 is 9.90 Å². The summed E-state index contributed by atoms with van der Waals surface area (Å²) in [6.07, 6.45) is 0. The summed E-state index contributed by atoms with van der Waals surface area (Å²) in [5.74, 6) is -1.02. The number of rotatable bonds is 3. The molecule has 0 spiro atoms. The summed E-state index contributed by atoms with van der Waals surface area (Å²) < 4.78 is 0.931. The third-order valence-corrected chi connectivity index (χ3v) is 3.23. The molecule has 0 fully saturated rings. The molecule has 0 aliphatic rings. The van der Waals surface area contributed by atoms with Crippen molar-refractivity contribution in [1.82, 2.24) is 0 Å². The Morgan fingerprint density at radius 1 is 1.26 bits per heavy atom. The zero-order valence-corrected chi connectivity index (χ0v) is 12.4. The van der Waals surface area contributed by atoms with Crippen molar-refractivity contribution in [2.24, 2.45) is 0 Å². The number of nitrogens with one attached hydrogen (secondary N) is 1. The van der Waals surface area contributed by atoms with E-state index in [0.717, 1.165) is 15.7 Å². The van der Waals surface area contributed by atoms with Crippen molar-refractivity contribution in [1.29, 1.82) is 0 Å². The molecule has 0 atom stereocenters. The van der Waals surface area contributed by atoms with Crippen LogP contribution in [0, 0.1) is 6.92 Å². The molecule has 0 bridgehead atoms. The fourth-order valence-corrected chi connectivity index (χ4v) is 2.55. The predicted octanol–water partition coefficient (Wildman–Crippen LogP) is 4.85. The first kappa shape index (κ1) is 13.9. The number of aromatic carboxylic acids is 1. The molecule has 2 rings (SSSR count). The first-order chi connectivity index (χ1) is 8.95. The lowest BCUT2D eigenvalue weighted by Crippen LogP contribution is -2.02. The van der Waals surface area contributed by atoms with Crippen molar-refractivity contribution in [2.45, 2.75) is 6.92 Å². The van der Waals surface area contributed by atoms with E-state index in [9.17, 15) is 4.79 Å². The van der Waals surface area contributed by atoms with Crippen LogP contribution in [0.5, 0.6) is 0 Å². The fraction of sp³-hybridized carbons (Fsp3) is 0.0714. The predicted molar refractivity (Wildman–Crippen MR) is 80.6 cm³/mol. The largest absolute Gasteiger partial charge is 0.478 e. The van der Waals surface area contributed by atoms with Crippen LogP contribution in [0.2, 0.25) is 5.02 Å². The third-order valence-electron chi connectivity index (χ3n) is 2.53. The third kappa shape index (κ3) is 3.49. The number of carboxylic acids is 1. The molecule has 0 amide bonds. The van der Waals surface area contributed by atoms with Gasteiger partial charge < -0.3 is 10.4 Å². The molecule has 3 nitrogen and oxygen atoms in total. The maximum absolute atomic E-state index is 11.2. The topological polar surface area (TPSA) is 49.3 Å². The van der Waals surface area contributed by atoms with E-state index in [2.05, 4.69) is 21.2 Å². The first-order valence-corrected chi connectivity index (χ1v) is 6.70. The van der Waals surface area contributed by atoms with Gasteiger partial charge in [-0.3, -0.25) is 0 Å². The van der Waals surface area contributed by atoms with Gasteiger partial charge in [-0.15, -0.1) is 0 Å². The van der Waals surface area contributed by atoms with E-state index in [1.54, 1.807) is 12.1 Å². The van der Waals surface area contributed by atoms with Crippen LogP contribution in [0.25, 0.3) is 0 Å². The summed E-state index contributed by atoms with van der Waals surface area (Å²) in [7, 11) is 0. The highest BCUT2D eigenvalue weighted by Gasteiger charge is 2.11. The Hall–Kier alpha value is -1.52. The summed E-state index contributed by atoms with van der Waals surface area (Å²) in [6.45, 7) is 1.97. The zero-order chi connectivity index (χ0) is 14.0. The lowest BCUT2D eigenvalue weighted by molar-refractivity contribution is 0.0698. The van der Waals surface area contributed by atoms with Gasteiger partial charge >= 0.3 is 5.97 Å². The number of halogens is 2. The van der Waals surface area contributed by atoms with Gasteiger partial charge in [-0.2, -0.15) is 0 Å². The Kier molecular flexibility index (Phi) is 4.12. The van der Waals surface area contributed by atoms with Crippen LogP contribution in [0.1, 0.15) is 15.9 Å². The first-order valence-electron chi connectivity index (χ1n) is 5.53. The molecule has 0 unspecified atom stereocenters. The highest BCUT2D eigenvalue weighted by molar-refractivity contribution is 9.10. The standard InChI is InChI=1S/C14H11BrClNO2/c1-8-4-9(15)6-11(5-8)17-13-3-2-10(16)7-12(13)14(18)19/h2-7,17H,1H3,(H,18,19). The molecule has 0 aliphatic carbocycles. The number of anilines is 2. The van der Waals surface area contributed by atoms with Gasteiger partial charge in [-0.25, -0.2) is 4.79 Å². The van der Waals surface area contributed by atoms with Crippen molar-refractivity contribution >= 4 is 44.9 Å². The van der Waals surface area contributed by atoms with Gasteiger partial charge in [0.2, 0.25) is 0 Å². The Bertz CT molecular complexity index is 623. The van der Waals surface area contributed by atoms with Crippen LogP contribution >= 0.6 is 27.5 Å². The minimum atomic E-state index is -1.02. The van der Waals surface area contributed by atoms with Gasteiger partial charge in [0.1, 0.15) is 0 Å². The van der Waals surface area contributed by atoms with Crippen LogP contribution in [-0.2, 0) is 0 Å². The van der Waals surface area contributed by atoms with E-state index in [4.69, 9.17) is 16.7 Å². The Morgan fingerprint density at radius 3 is 2.63 bits per heavy atom. The van der Waals surface area contributed by atoms with Crippen LogP contribution in [0.4, 0.5) is 11.4 Å². The molecule has 0 saturated carbocycles. The lowest BCUT2D eigenvalue weighted by atomic mass is 10.1. The SMILES string of the molecule is Cc1cc(Br)cc(Nc2ccc(Cl)cc2C(=O)O)c1. The fourth-order valence-electron chi connectivity index (χ4n) is 1.77. The van der Waals surface area contributed by atoms with Gasteiger partial charge in [-0.1, -0.05) is 27.5 Å². The van der Waals surface area contributed by atoms with Crippen LogP contribution in [0.15, 0.2) is 40.9 Å². The highest BCUT2D eigenvalue weighted by atomic mass is 79.9.